The van der Waals surface area contributed by atoms with Gasteiger partial charge in [0.15, 0.2) is 0 Å². The molecular formula is C13H11BrClNO2S. The quantitative estimate of drug-likeness (QED) is 0.837. The Morgan fingerprint density at radius 2 is 1.68 bits per heavy atom. The lowest BCUT2D eigenvalue weighted by atomic mass is 10.2. The van der Waals surface area contributed by atoms with E-state index in [0.717, 1.165) is 5.56 Å². The van der Waals surface area contributed by atoms with Crippen LogP contribution in [0.2, 0.25) is 5.02 Å². The van der Waals surface area contributed by atoms with Crippen molar-refractivity contribution in [2.45, 2.75) is 10.2 Å². The van der Waals surface area contributed by atoms with E-state index in [2.05, 4.69) is 20.7 Å². The maximum atomic E-state index is 12.2. The Morgan fingerprint density at radius 1 is 1.05 bits per heavy atom. The van der Waals surface area contributed by atoms with Crippen LogP contribution in [0.15, 0.2) is 53.4 Å². The van der Waals surface area contributed by atoms with Gasteiger partial charge in [-0.2, -0.15) is 0 Å². The molecule has 2 rings (SSSR count). The maximum absolute atomic E-state index is 12.2. The summed E-state index contributed by atoms with van der Waals surface area (Å²) in [4.78, 5) is 0.182. The average molecular weight is 361 g/mol. The number of alkyl halides is 1. The molecule has 3 nitrogen and oxygen atoms in total. The van der Waals surface area contributed by atoms with Gasteiger partial charge in [0.2, 0.25) is 0 Å². The third kappa shape index (κ3) is 3.49. The monoisotopic (exact) mass is 359 g/mol. The molecule has 1 N–H and O–H groups in total. The standard InChI is InChI=1S/C13H11BrClNO2S/c14-9-10-3-1-2-4-13(10)16-19(17,18)12-7-5-11(15)6-8-12/h1-8,16H,9H2. The van der Waals surface area contributed by atoms with Crippen molar-refractivity contribution in [3.05, 3.63) is 59.1 Å². The van der Waals surface area contributed by atoms with Gasteiger partial charge in [-0.15, -0.1) is 0 Å². The number of rotatable bonds is 4. The number of sulfonamides is 1. The summed E-state index contributed by atoms with van der Waals surface area (Å²) < 4.78 is 27.0. The minimum absolute atomic E-state index is 0.182. The average Bonchev–Trinajstić information content (AvgIpc) is 2.39. The second-order valence-electron chi connectivity index (χ2n) is 3.85. The van der Waals surface area contributed by atoms with E-state index < -0.39 is 10.0 Å². The Hall–Kier alpha value is -1.04. The number of hydrogen-bond donors (Lipinski definition) is 1. The van der Waals surface area contributed by atoms with E-state index in [4.69, 9.17) is 11.6 Å². The summed E-state index contributed by atoms with van der Waals surface area (Å²) in [5.41, 5.74) is 1.44. The van der Waals surface area contributed by atoms with E-state index in [1.165, 1.54) is 12.1 Å². The summed E-state index contributed by atoms with van der Waals surface area (Å²) in [5, 5.41) is 1.08. The molecule has 2 aromatic carbocycles. The van der Waals surface area contributed by atoms with E-state index >= 15 is 0 Å². The van der Waals surface area contributed by atoms with Crippen molar-refractivity contribution in [3.63, 3.8) is 0 Å². The van der Waals surface area contributed by atoms with Gasteiger partial charge in [0.25, 0.3) is 10.0 Å². The van der Waals surface area contributed by atoms with Crippen molar-refractivity contribution in [2.75, 3.05) is 4.72 Å². The van der Waals surface area contributed by atoms with E-state index in [9.17, 15) is 8.42 Å². The van der Waals surface area contributed by atoms with Crippen molar-refractivity contribution in [1.29, 1.82) is 0 Å². The molecule has 0 spiro atoms. The van der Waals surface area contributed by atoms with Crippen molar-refractivity contribution < 1.29 is 8.42 Å². The molecule has 2 aromatic rings. The predicted molar refractivity (Wildman–Crippen MR) is 81.3 cm³/mol. The molecule has 0 heterocycles. The molecule has 0 aromatic heterocycles. The summed E-state index contributed by atoms with van der Waals surface area (Å²) in [6.07, 6.45) is 0. The fourth-order valence-electron chi connectivity index (χ4n) is 1.55. The lowest BCUT2D eigenvalue weighted by Gasteiger charge is -2.11. The van der Waals surface area contributed by atoms with Crippen LogP contribution in [-0.4, -0.2) is 8.42 Å². The molecular weight excluding hydrogens is 350 g/mol. The van der Waals surface area contributed by atoms with Crippen LogP contribution in [0.1, 0.15) is 5.56 Å². The second-order valence-corrected chi connectivity index (χ2v) is 6.53. The van der Waals surface area contributed by atoms with Crippen LogP contribution in [0.3, 0.4) is 0 Å². The second kappa shape index (κ2) is 5.94. The molecule has 0 aliphatic heterocycles. The third-order valence-electron chi connectivity index (χ3n) is 2.53. The van der Waals surface area contributed by atoms with Gasteiger partial charge < -0.3 is 0 Å². The molecule has 0 radical (unpaired) electrons. The van der Waals surface area contributed by atoms with Crippen LogP contribution in [0.5, 0.6) is 0 Å². The van der Waals surface area contributed by atoms with Crippen LogP contribution >= 0.6 is 27.5 Å². The zero-order valence-corrected chi connectivity index (χ0v) is 13.0. The summed E-state index contributed by atoms with van der Waals surface area (Å²) >= 11 is 9.08. The highest BCUT2D eigenvalue weighted by Gasteiger charge is 2.15. The van der Waals surface area contributed by atoms with Crippen LogP contribution in [0.4, 0.5) is 5.69 Å². The van der Waals surface area contributed by atoms with Gasteiger partial charge in [-0.05, 0) is 35.9 Å². The number of nitrogens with one attached hydrogen (secondary N) is 1. The number of anilines is 1. The van der Waals surface area contributed by atoms with Crippen LogP contribution < -0.4 is 4.72 Å². The first kappa shape index (κ1) is 14.4. The SMILES string of the molecule is O=S(=O)(Nc1ccccc1CBr)c1ccc(Cl)cc1. The molecule has 6 heteroatoms. The Morgan fingerprint density at radius 3 is 2.32 bits per heavy atom. The van der Waals surface area contributed by atoms with E-state index in [0.29, 0.717) is 16.0 Å². The molecule has 0 amide bonds. The van der Waals surface area contributed by atoms with Gasteiger partial charge in [0.05, 0.1) is 10.6 Å². The lowest BCUT2D eigenvalue weighted by molar-refractivity contribution is 0.601. The van der Waals surface area contributed by atoms with Gasteiger partial charge in [0.1, 0.15) is 0 Å². The van der Waals surface area contributed by atoms with Gasteiger partial charge in [-0.25, -0.2) is 8.42 Å². The minimum atomic E-state index is -3.59. The minimum Gasteiger partial charge on any atom is -0.279 e. The van der Waals surface area contributed by atoms with Gasteiger partial charge in [-0.1, -0.05) is 45.7 Å². The Bertz CT molecular complexity index is 671. The highest BCUT2D eigenvalue weighted by Crippen LogP contribution is 2.22. The van der Waals surface area contributed by atoms with Crippen molar-refractivity contribution in [2.24, 2.45) is 0 Å². The Balaban J connectivity index is 2.34. The van der Waals surface area contributed by atoms with E-state index in [1.54, 1.807) is 24.3 Å². The molecule has 0 saturated carbocycles. The summed E-state index contributed by atoms with van der Waals surface area (Å²) in [6.45, 7) is 0. The first-order valence-electron chi connectivity index (χ1n) is 5.45. The fraction of sp³-hybridized carbons (Fsp3) is 0.0769. The highest BCUT2D eigenvalue weighted by atomic mass is 79.9. The zero-order chi connectivity index (χ0) is 13.9. The summed E-state index contributed by atoms with van der Waals surface area (Å²) in [6, 6.07) is 13.3. The zero-order valence-electron chi connectivity index (χ0n) is 9.81. The molecule has 19 heavy (non-hydrogen) atoms. The van der Waals surface area contributed by atoms with Crippen molar-refractivity contribution in [3.8, 4) is 0 Å². The van der Waals surface area contributed by atoms with Crippen LogP contribution in [0.25, 0.3) is 0 Å². The van der Waals surface area contributed by atoms with Crippen LogP contribution in [-0.2, 0) is 15.4 Å². The summed E-state index contributed by atoms with van der Waals surface area (Å²) in [7, 11) is -3.59. The molecule has 0 bridgehead atoms. The molecule has 0 saturated heterocycles. The lowest BCUT2D eigenvalue weighted by Crippen LogP contribution is -2.13. The molecule has 0 aliphatic rings. The van der Waals surface area contributed by atoms with E-state index in [-0.39, 0.29) is 4.90 Å². The largest absolute Gasteiger partial charge is 0.279 e. The van der Waals surface area contributed by atoms with Crippen molar-refractivity contribution >= 4 is 43.2 Å². The molecule has 100 valence electrons. The van der Waals surface area contributed by atoms with Crippen LogP contribution in [0, 0.1) is 0 Å². The van der Waals surface area contributed by atoms with Gasteiger partial charge in [0, 0.05) is 10.4 Å². The number of para-hydroxylation sites is 1. The third-order valence-corrected chi connectivity index (χ3v) is 4.77. The normalized spacial score (nSPS) is 11.3. The maximum Gasteiger partial charge on any atom is 0.261 e. The highest BCUT2D eigenvalue weighted by molar-refractivity contribution is 9.08. The Labute approximate surface area is 125 Å². The predicted octanol–water partition coefficient (Wildman–Crippen LogP) is 4.04. The number of halogens is 2. The van der Waals surface area contributed by atoms with E-state index in [1.807, 2.05) is 12.1 Å². The first-order valence-corrected chi connectivity index (χ1v) is 8.43. The fourth-order valence-corrected chi connectivity index (χ4v) is 3.27. The topological polar surface area (TPSA) is 46.2 Å². The van der Waals surface area contributed by atoms with Gasteiger partial charge in [-0.3, -0.25) is 4.72 Å². The molecule has 0 atom stereocenters. The van der Waals surface area contributed by atoms with Crippen molar-refractivity contribution in [1.82, 2.24) is 0 Å². The smallest absolute Gasteiger partial charge is 0.261 e. The van der Waals surface area contributed by atoms with Gasteiger partial charge >= 0.3 is 0 Å². The summed E-state index contributed by atoms with van der Waals surface area (Å²) in [5.74, 6) is 0. The molecule has 0 fully saturated rings. The Kier molecular flexibility index (Phi) is 4.50. The number of hydrogen-bond acceptors (Lipinski definition) is 2. The number of benzene rings is 2. The first-order chi connectivity index (χ1) is 9.03. The molecule has 0 unspecified atom stereocenters. The molecule has 0 aliphatic carbocycles.